The molecule has 1 aromatic heterocycles. The number of phenolic OH excluding ortho intramolecular Hbond substituents is 1. The fraction of sp³-hybridized carbons (Fsp3) is 0.474. The van der Waals surface area contributed by atoms with Crippen LogP contribution in [0.15, 0.2) is 98.7 Å². The van der Waals surface area contributed by atoms with Crippen molar-refractivity contribution < 1.29 is 91.7 Å². The number of aliphatic hydroxyl groups excluding tert-OH is 3. The van der Waals surface area contributed by atoms with Crippen LogP contribution < -0.4 is 58.0 Å². The van der Waals surface area contributed by atoms with Gasteiger partial charge in [0.15, 0.2) is 22.4 Å². The van der Waals surface area contributed by atoms with E-state index in [2.05, 4.69) is 26.6 Å². The highest BCUT2D eigenvalue weighted by atomic mass is 16.7. The number of piperazine rings is 1. The largest absolute Gasteiger partial charge is 0.507 e. The standard InChI is InChI=1S/C76H92N10O21/c1-39-16-13-17-40(2)69(96)83-60-64(94)56-55(57-66(44(6)63(56)93)107-75(8,68(57)95)104-35-25-51(102-9)41(3)65(105-45(7)87)43(5)62(92)42(4)61(39)91)59-67(60)106-52-37-48(36-50(88)58(52)82-59)84-31-33-85(34-32-84)74(101)103-38-46-19-21-47(22-20-46)80-70(97)49(18-14-29-79-73(77)100)81-72(99)76(26-15-27-76)71(98)78-28-11-10-12-30-86-53(89)23-24-54(86)90/h13,16-17,19-25,35-37,39,41-43,49,51,61-62,65,91-93,95H,10-12,14-15,18,26-34,38H2,1-9H3,(H,78,98)(H,80,97)(H,81,99)(H,83,96)(H3,77,79,100)/b16-13+,35-25+,40-17-/t39-,41+,42+,43+,49-,51-,61-,62+,65+,75-/m0/s1. The summed E-state index contributed by atoms with van der Waals surface area (Å²) in [4.78, 5) is 156. The molecule has 107 heavy (non-hydrogen) atoms. The monoisotopic (exact) mass is 1480 g/mol. The number of primary amides is 1. The van der Waals surface area contributed by atoms with E-state index in [1.54, 1.807) is 58.0 Å². The summed E-state index contributed by atoms with van der Waals surface area (Å²) in [5.74, 6) is -10.1. The van der Waals surface area contributed by atoms with Crippen LogP contribution in [0.3, 0.4) is 0 Å². The molecular formula is C76H92N10O21. The van der Waals surface area contributed by atoms with Crippen molar-refractivity contribution in [3.05, 3.63) is 121 Å². The smallest absolute Gasteiger partial charge is 0.410 e. The SMILES string of the molecule is CO[C@H]1/C=C/O[C@@]2(C)Oc3c(C)c(O)c4c(=O)c(c5oc6cc(N7CCN(C(=O)OCc8ccc(NC(=O)[C@H](CCCNC(N)=O)NC(=O)C9(C(=O)NCCCCCN%10C(=O)C=CC%10=O)CCC9)cc8)CC7)cc(=O)c6nc5c4c3=C2O)NC(=O)/C(C)=C\C=C\[C@H](C)[C@H](O)[C@@H](C)[C@@H](O)[C@@H](C)[C@H](OC(C)=O)[C@@H]1C. The Bertz CT molecular complexity index is 4620. The zero-order valence-electron chi connectivity index (χ0n) is 61.1. The van der Waals surface area contributed by atoms with Crippen molar-refractivity contribution >= 4 is 109 Å². The van der Waals surface area contributed by atoms with Crippen molar-refractivity contribution in [2.24, 2.45) is 34.8 Å². The third-order valence-corrected chi connectivity index (χ3v) is 20.8. The molecule has 31 nitrogen and oxygen atoms in total. The average molecular weight is 1480 g/mol. The number of anilines is 3. The van der Waals surface area contributed by atoms with Crippen LogP contribution in [0.2, 0.25) is 0 Å². The molecule has 10 rings (SSSR count). The van der Waals surface area contributed by atoms with E-state index >= 15 is 4.79 Å². The van der Waals surface area contributed by atoms with E-state index < -0.39 is 140 Å². The number of benzene rings is 4. The molecule has 1 aliphatic carbocycles. The number of nitrogens with one attached hydrogen (secondary N) is 5. The van der Waals surface area contributed by atoms with Crippen molar-refractivity contribution in [3.63, 3.8) is 0 Å². The second-order valence-corrected chi connectivity index (χ2v) is 28.1. The number of fused-ring (bicyclic) bond motifs is 2. The number of unbranched alkanes of at least 4 members (excludes halogenated alkanes) is 2. The molecule has 4 aromatic carbocycles. The Morgan fingerprint density at radius 2 is 1.51 bits per heavy atom. The van der Waals surface area contributed by atoms with E-state index in [0.717, 1.165) is 4.90 Å². The Balaban J connectivity index is 0.843. The molecule has 4 bridgehead atoms. The molecule has 4 aliphatic heterocycles. The number of nitrogens with two attached hydrogens (primary N) is 1. The van der Waals surface area contributed by atoms with E-state index in [1.165, 1.54) is 88.5 Å². The lowest BCUT2D eigenvalue weighted by Gasteiger charge is -2.39. The van der Waals surface area contributed by atoms with Crippen LogP contribution >= 0.6 is 0 Å². The summed E-state index contributed by atoms with van der Waals surface area (Å²) in [6.45, 7) is 13.4. The quantitative estimate of drug-likeness (QED) is 0.0118. The van der Waals surface area contributed by atoms with Gasteiger partial charge in [0, 0.05) is 143 Å². The van der Waals surface area contributed by atoms with Crippen molar-refractivity contribution in [1.82, 2.24) is 30.7 Å². The lowest BCUT2D eigenvalue weighted by Crippen LogP contribution is -2.58. The number of rotatable bonds is 20. The highest BCUT2D eigenvalue weighted by Crippen LogP contribution is 2.44. The first kappa shape index (κ1) is 78.7. The van der Waals surface area contributed by atoms with E-state index in [-0.39, 0.29) is 140 Å². The number of ether oxygens (including phenoxy) is 5. The molecule has 1 saturated carbocycles. The number of nitrogens with zero attached hydrogens (tertiary/aromatic N) is 4. The first-order valence-corrected chi connectivity index (χ1v) is 35.7. The van der Waals surface area contributed by atoms with Crippen LogP contribution in [0, 0.1) is 36.0 Å². The number of imide groups is 1. The van der Waals surface area contributed by atoms with Gasteiger partial charge >= 0.3 is 23.9 Å². The van der Waals surface area contributed by atoms with Gasteiger partial charge in [-0.2, -0.15) is 0 Å². The molecule has 31 heteroatoms. The van der Waals surface area contributed by atoms with Crippen LogP contribution in [0.25, 0.3) is 38.7 Å². The number of carbonyl (C=O) groups is 9. The van der Waals surface area contributed by atoms with Crippen molar-refractivity contribution in [3.8, 4) is 11.5 Å². The maximum atomic E-state index is 15.2. The van der Waals surface area contributed by atoms with E-state index in [4.69, 9.17) is 38.8 Å². The van der Waals surface area contributed by atoms with Gasteiger partial charge in [-0.25, -0.2) is 14.6 Å². The summed E-state index contributed by atoms with van der Waals surface area (Å²) in [5, 5.41) is 60.5. The number of carbonyl (C=O) groups excluding carboxylic acids is 9. The number of aliphatic hydroxyl groups is 3. The molecular weight excluding hydrogens is 1390 g/mol. The summed E-state index contributed by atoms with van der Waals surface area (Å²) < 4.78 is 36.4. The van der Waals surface area contributed by atoms with E-state index in [0.29, 0.717) is 42.6 Å². The Hall–Kier alpha value is -10.9. The van der Waals surface area contributed by atoms with Crippen molar-refractivity contribution in [1.29, 1.82) is 0 Å². The zero-order valence-corrected chi connectivity index (χ0v) is 61.1. The summed E-state index contributed by atoms with van der Waals surface area (Å²) in [5.41, 5.74) is 2.07. The first-order chi connectivity index (χ1) is 50.9. The summed E-state index contributed by atoms with van der Waals surface area (Å²) >= 11 is 0. The van der Waals surface area contributed by atoms with Crippen LogP contribution in [-0.4, -0.2) is 178 Å². The molecule has 5 aromatic rings. The lowest BCUT2D eigenvalue weighted by atomic mass is 9.67. The Kier molecular flexibility index (Phi) is 24.4. The molecule has 0 unspecified atom stereocenters. The summed E-state index contributed by atoms with van der Waals surface area (Å²) in [7, 11) is 1.41. The predicted octanol–water partition coefficient (Wildman–Crippen LogP) is 5.27. The fourth-order valence-electron chi connectivity index (χ4n) is 14.1. The Labute approximate surface area is 615 Å². The second kappa shape index (κ2) is 33.3. The normalized spacial score (nSPS) is 24.6. The fourth-order valence-corrected chi connectivity index (χ4v) is 14.1. The van der Waals surface area contributed by atoms with E-state index in [1.807, 2.05) is 4.90 Å². The molecule has 11 N–H and O–H groups in total. The van der Waals surface area contributed by atoms with Crippen molar-refractivity contribution in [2.45, 2.75) is 150 Å². The van der Waals surface area contributed by atoms with Gasteiger partial charge in [-0.05, 0) is 82.6 Å². The Morgan fingerprint density at radius 1 is 0.822 bits per heavy atom. The topological polar surface area (TPSA) is 437 Å². The molecule has 5 aliphatic rings. The van der Waals surface area contributed by atoms with Crippen LogP contribution in [0.1, 0.15) is 111 Å². The van der Waals surface area contributed by atoms with Crippen LogP contribution in [0.4, 0.5) is 26.7 Å². The number of esters is 1. The molecule has 1 saturated heterocycles. The van der Waals surface area contributed by atoms with Gasteiger partial charge in [-0.3, -0.25) is 48.1 Å². The average Bonchev–Trinajstić information content (AvgIpc) is 1.65. The molecule has 10 atom stereocenters. The van der Waals surface area contributed by atoms with Gasteiger partial charge in [-0.15, -0.1) is 0 Å². The van der Waals surface area contributed by atoms with Crippen LogP contribution in [-0.2, 0) is 59.1 Å². The summed E-state index contributed by atoms with van der Waals surface area (Å²) in [6.07, 6.45) is 8.02. The molecule has 572 valence electrons. The number of hydrogen-bond donors (Lipinski definition) is 10. The zero-order chi connectivity index (χ0) is 77.5. The number of phenols is 1. The Morgan fingerprint density at radius 3 is 2.17 bits per heavy atom. The maximum Gasteiger partial charge on any atom is 0.410 e. The number of amides is 9. The molecule has 5 heterocycles. The number of hydrogen-bond acceptors (Lipinski definition) is 23. The van der Waals surface area contributed by atoms with Gasteiger partial charge in [0.25, 0.3) is 17.7 Å². The maximum absolute atomic E-state index is 15.2. The number of allylic oxidation sites excluding steroid dienone is 2. The molecule has 0 spiro atoms. The minimum absolute atomic E-state index is 0.0151. The van der Waals surface area contributed by atoms with Gasteiger partial charge in [0.05, 0.1) is 35.2 Å². The lowest BCUT2D eigenvalue weighted by molar-refractivity contribution is -0.160. The van der Waals surface area contributed by atoms with Gasteiger partial charge in [0.2, 0.25) is 28.6 Å². The molecule has 9 amide bonds. The predicted molar refractivity (Wildman–Crippen MR) is 392 cm³/mol. The van der Waals surface area contributed by atoms with Crippen LogP contribution in [0.5, 0.6) is 11.5 Å². The third kappa shape index (κ3) is 16.9. The molecule has 2 fully saturated rings. The first-order valence-electron chi connectivity index (χ1n) is 35.7. The minimum atomic E-state index is -2.08. The molecule has 0 radical (unpaired) electrons. The number of urea groups is 1. The highest BCUT2D eigenvalue weighted by Gasteiger charge is 2.52. The third-order valence-electron chi connectivity index (χ3n) is 20.8. The summed E-state index contributed by atoms with van der Waals surface area (Å²) in [6, 6.07) is 7.38. The van der Waals surface area contributed by atoms with Gasteiger partial charge in [0.1, 0.15) is 46.9 Å². The number of aromatic nitrogens is 1. The van der Waals surface area contributed by atoms with Gasteiger partial charge in [-0.1, -0.05) is 64.5 Å². The highest BCUT2D eigenvalue weighted by molar-refractivity contribution is 6.17. The van der Waals surface area contributed by atoms with Gasteiger partial charge < -0.3 is 90.6 Å². The minimum Gasteiger partial charge on any atom is -0.507 e. The number of aromatic hydroxyl groups is 1. The number of methoxy groups -OCH3 is 1. The second-order valence-electron chi connectivity index (χ2n) is 28.1. The van der Waals surface area contributed by atoms with Crippen molar-refractivity contribution in [2.75, 3.05) is 68.5 Å². The van der Waals surface area contributed by atoms with E-state index in [9.17, 15) is 68.4 Å².